The predicted molar refractivity (Wildman–Crippen MR) is 143 cm³/mol. The van der Waals surface area contributed by atoms with E-state index < -0.39 is 5.41 Å². The van der Waals surface area contributed by atoms with Gasteiger partial charge in [-0.05, 0) is 46.5 Å². The van der Waals surface area contributed by atoms with Crippen molar-refractivity contribution in [2.75, 3.05) is 11.9 Å². The Hall–Kier alpha value is -3.11. The second-order valence-electron chi connectivity index (χ2n) is 10.8. The average molecular weight is 502 g/mol. The molecule has 9 heteroatoms. The van der Waals surface area contributed by atoms with Crippen LogP contribution in [0.25, 0.3) is 22.2 Å². The van der Waals surface area contributed by atoms with Crippen LogP contribution in [0.5, 0.6) is 0 Å². The lowest BCUT2D eigenvalue weighted by Gasteiger charge is -2.34. The number of nitrogens with one attached hydrogen (secondary N) is 5. The highest BCUT2D eigenvalue weighted by molar-refractivity contribution is 7.08. The highest BCUT2D eigenvalue weighted by atomic mass is 32.1. The van der Waals surface area contributed by atoms with E-state index in [1.54, 1.807) is 17.5 Å². The van der Waals surface area contributed by atoms with Crippen LogP contribution in [-0.4, -0.2) is 33.4 Å². The van der Waals surface area contributed by atoms with E-state index >= 15 is 0 Å². The first kappa shape index (κ1) is 23.3. The summed E-state index contributed by atoms with van der Waals surface area (Å²) in [6, 6.07) is 11.0. The van der Waals surface area contributed by atoms with Crippen molar-refractivity contribution in [3.8, 4) is 11.1 Å². The number of benzene rings is 1. The number of anilines is 1. The molecule has 186 valence electrons. The Morgan fingerprint density at radius 1 is 1.17 bits per heavy atom. The van der Waals surface area contributed by atoms with Gasteiger partial charge in [0, 0.05) is 41.7 Å². The highest BCUT2D eigenvalue weighted by Crippen LogP contribution is 2.39. The topological polar surface area (TPSA) is 107 Å². The second-order valence-corrected chi connectivity index (χ2v) is 11.6. The zero-order valence-corrected chi connectivity index (χ0v) is 21.4. The van der Waals surface area contributed by atoms with E-state index in [0.29, 0.717) is 12.0 Å². The van der Waals surface area contributed by atoms with Crippen molar-refractivity contribution in [2.24, 2.45) is 11.3 Å². The predicted octanol–water partition coefficient (Wildman–Crippen LogP) is 4.54. The third-order valence-electron chi connectivity index (χ3n) is 7.22. The molecule has 2 aliphatic heterocycles. The number of imidazole rings is 1. The van der Waals surface area contributed by atoms with Gasteiger partial charge in [-0.1, -0.05) is 32.9 Å². The summed E-state index contributed by atoms with van der Waals surface area (Å²) in [6.45, 7) is 6.55. The molecule has 6 rings (SSSR count). The Morgan fingerprint density at radius 2 is 2.06 bits per heavy atom. The standard InChI is InChI=1S/C27H31N7OS/c1-27(2,3)26(35)30-17-9-16(11-28-12-17)21-10-19-22(13-29-21)33-34-24(19)25-31-20-6-4-5-18(23(20)32-25)15-7-8-36-14-15/h4-9,11-12,14,19,21-22,24,29,33-34H,10,13H2,1-3H3,(H,30,35)(H,31,32). The number of para-hydroxylation sites is 1. The molecule has 4 aromatic rings. The monoisotopic (exact) mass is 501 g/mol. The number of pyridine rings is 1. The van der Waals surface area contributed by atoms with Gasteiger partial charge in [0.25, 0.3) is 0 Å². The molecule has 2 fully saturated rings. The van der Waals surface area contributed by atoms with Gasteiger partial charge in [-0.3, -0.25) is 15.2 Å². The number of rotatable bonds is 4. The summed E-state index contributed by atoms with van der Waals surface area (Å²) in [5.41, 5.74) is 12.7. The molecule has 1 amide bonds. The van der Waals surface area contributed by atoms with Gasteiger partial charge in [0.05, 0.1) is 29.0 Å². The molecule has 4 atom stereocenters. The number of fused-ring (bicyclic) bond motifs is 2. The van der Waals surface area contributed by atoms with Crippen LogP contribution in [-0.2, 0) is 4.79 Å². The molecule has 2 saturated heterocycles. The van der Waals surface area contributed by atoms with E-state index in [1.807, 2.05) is 33.0 Å². The van der Waals surface area contributed by atoms with Crippen molar-refractivity contribution in [3.05, 3.63) is 64.9 Å². The van der Waals surface area contributed by atoms with Crippen LogP contribution in [0.2, 0.25) is 0 Å². The fraction of sp³-hybridized carbons (Fsp3) is 0.370. The number of aromatic amines is 1. The molecule has 0 radical (unpaired) electrons. The van der Waals surface area contributed by atoms with Crippen LogP contribution < -0.4 is 21.5 Å². The number of hydrogen-bond donors (Lipinski definition) is 5. The first-order valence-electron chi connectivity index (χ1n) is 12.4. The number of amides is 1. The Bertz CT molecular complexity index is 1390. The van der Waals surface area contributed by atoms with Crippen LogP contribution in [0.15, 0.2) is 53.5 Å². The third-order valence-corrected chi connectivity index (χ3v) is 7.90. The molecule has 2 aliphatic rings. The number of hydrazine groups is 1. The summed E-state index contributed by atoms with van der Waals surface area (Å²) < 4.78 is 0. The summed E-state index contributed by atoms with van der Waals surface area (Å²) in [5, 5.41) is 10.9. The highest BCUT2D eigenvalue weighted by Gasteiger charge is 2.42. The van der Waals surface area contributed by atoms with E-state index in [1.165, 1.54) is 5.56 Å². The summed E-state index contributed by atoms with van der Waals surface area (Å²) >= 11 is 1.70. The van der Waals surface area contributed by atoms with Crippen molar-refractivity contribution in [1.82, 2.24) is 31.1 Å². The smallest absolute Gasteiger partial charge is 0.229 e. The van der Waals surface area contributed by atoms with Gasteiger partial charge in [0.15, 0.2) is 0 Å². The summed E-state index contributed by atoms with van der Waals surface area (Å²) in [7, 11) is 0. The van der Waals surface area contributed by atoms with Crippen LogP contribution >= 0.6 is 11.3 Å². The number of hydrogen-bond acceptors (Lipinski definition) is 7. The van der Waals surface area contributed by atoms with Crippen molar-refractivity contribution < 1.29 is 4.79 Å². The number of nitrogens with zero attached hydrogens (tertiary/aromatic N) is 2. The number of H-pyrrole nitrogens is 1. The van der Waals surface area contributed by atoms with Gasteiger partial charge in [-0.25, -0.2) is 10.4 Å². The van der Waals surface area contributed by atoms with E-state index in [-0.39, 0.29) is 18.0 Å². The SMILES string of the molecule is CC(C)(C)C(=O)Nc1cncc(C2CC3C(CN2)NNC3c2nc3c(-c4ccsc4)cccc3[nH]2)c1. The first-order valence-corrected chi connectivity index (χ1v) is 13.3. The van der Waals surface area contributed by atoms with Crippen LogP contribution in [0.4, 0.5) is 5.69 Å². The van der Waals surface area contributed by atoms with Crippen molar-refractivity contribution in [2.45, 2.75) is 45.3 Å². The molecule has 1 aromatic carbocycles. The van der Waals surface area contributed by atoms with E-state index in [0.717, 1.165) is 46.6 Å². The fourth-order valence-corrected chi connectivity index (χ4v) is 5.84. The number of thiophene rings is 1. The van der Waals surface area contributed by atoms with Crippen LogP contribution in [0, 0.1) is 11.3 Å². The zero-order valence-electron chi connectivity index (χ0n) is 20.6. The molecule has 5 N–H and O–H groups in total. The largest absolute Gasteiger partial charge is 0.341 e. The lowest BCUT2D eigenvalue weighted by Crippen LogP contribution is -2.46. The minimum Gasteiger partial charge on any atom is -0.341 e. The lowest BCUT2D eigenvalue weighted by atomic mass is 9.82. The number of carbonyl (C=O) groups excluding carboxylic acids is 1. The Kier molecular flexibility index (Phi) is 5.88. The Morgan fingerprint density at radius 3 is 2.86 bits per heavy atom. The molecule has 0 saturated carbocycles. The number of piperidine rings is 1. The molecule has 5 heterocycles. The fourth-order valence-electron chi connectivity index (χ4n) is 5.18. The molecule has 3 aromatic heterocycles. The normalized spacial score (nSPS) is 24.1. The van der Waals surface area contributed by atoms with Crippen molar-refractivity contribution >= 4 is 34.0 Å². The van der Waals surface area contributed by atoms with E-state index in [2.05, 4.69) is 66.5 Å². The summed E-state index contributed by atoms with van der Waals surface area (Å²) in [5.74, 6) is 1.28. The third kappa shape index (κ3) is 4.32. The maximum Gasteiger partial charge on any atom is 0.229 e. The molecule has 4 unspecified atom stereocenters. The van der Waals surface area contributed by atoms with E-state index in [4.69, 9.17) is 4.98 Å². The molecule has 36 heavy (non-hydrogen) atoms. The molecular weight excluding hydrogens is 470 g/mol. The zero-order chi connectivity index (χ0) is 24.9. The lowest BCUT2D eigenvalue weighted by molar-refractivity contribution is -0.123. The quantitative estimate of drug-likeness (QED) is 0.281. The summed E-state index contributed by atoms with van der Waals surface area (Å²) in [4.78, 5) is 25.5. The molecule has 0 bridgehead atoms. The second kappa shape index (κ2) is 9.08. The van der Waals surface area contributed by atoms with Gasteiger partial charge in [0.1, 0.15) is 5.82 Å². The van der Waals surface area contributed by atoms with E-state index in [9.17, 15) is 4.79 Å². The maximum atomic E-state index is 12.5. The molecule has 8 nitrogen and oxygen atoms in total. The maximum absolute atomic E-state index is 12.5. The molecule has 0 aliphatic carbocycles. The average Bonchev–Trinajstić information content (AvgIpc) is 3.62. The van der Waals surface area contributed by atoms with Gasteiger partial charge < -0.3 is 15.6 Å². The minimum atomic E-state index is -0.462. The molecular formula is C27H31N7OS. The molecule has 0 spiro atoms. The van der Waals surface area contributed by atoms with Gasteiger partial charge in [-0.2, -0.15) is 11.3 Å². The minimum absolute atomic E-state index is 0.0194. The number of carbonyl (C=O) groups is 1. The van der Waals surface area contributed by atoms with Gasteiger partial charge >= 0.3 is 0 Å². The Balaban J connectivity index is 1.24. The van der Waals surface area contributed by atoms with Gasteiger partial charge in [-0.15, -0.1) is 0 Å². The van der Waals surface area contributed by atoms with Crippen molar-refractivity contribution in [3.63, 3.8) is 0 Å². The Labute approximate surface area is 214 Å². The first-order chi connectivity index (χ1) is 17.4. The summed E-state index contributed by atoms with van der Waals surface area (Å²) in [6.07, 6.45) is 4.52. The van der Waals surface area contributed by atoms with Crippen molar-refractivity contribution in [1.29, 1.82) is 0 Å². The van der Waals surface area contributed by atoms with Crippen LogP contribution in [0.3, 0.4) is 0 Å². The van der Waals surface area contributed by atoms with Crippen LogP contribution in [0.1, 0.15) is 50.7 Å². The van der Waals surface area contributed by atoms with Gasteiger partial charge in [0.2, 0.25) is 5.91 Å². The number of aromatic nitrogens is 3.